The molecular weight excluding hydrogens is 301 g/mol. The zero-order valence-corrected chi connectivity index (χ0v) is 11.6. The summed E-state index contributed by atoms with van der Waals surface area (Å²) in [5.74, 6) is -0.213. The highest BCUT2D eigenvalue weighted by Gasteiger charge is 2.23. The minimum atomic E-state index is -0.355. The number of hydrogen-bond donors (Lipinski definition) is 2. The number of carbonyl (C=O) groups is 1. The average Bonchev–Trinajstić information content (AvgIpc) is 2.31. The predicted molar refractivity (Wildman–Crippen MR) is 72.8 cm³/mol. The fourth-order valence-electron chi connectivity index (χ4n) is 2.04. The number of carbonyl (C=O) groups excluding carboxylic acids is 1. The number of nitrogens with two attached hydrogens (primary N) is 1. The minimum Gasteiger partial charge on any atom is -0.397 e. The minimum absolute atomic E-state index is 0.107. The van der Waals surface area contributed by atoms with Crippen molar-refractivity contribution in [3.63, 3.8) is 0 Å². The van der Waals surface area contributed by atoms with Crippen molar-refractivity contribution in [3.8, 4) is 0 Å². The van der Waals surface area contributed by atoms with Gasteiger partial charge in [0.1, 0.15) is 5.82 Å². The molecule has 3 N–H and O–H groups in total. The lowest BCUT2D eigenvalue weighted by molar-refractivity contribution is -0.132. The van der Waals surface area contributed by atoms with Crippen LogP contribution < -0.4 is 11.1 Å². The van der Waals surface area contributed by atoms with Gasteiger partial charge < -0.3 is 16.0 Å². The molecule has 1 fully saturated rings. The summed E-state index contributed by atoms with van der Waals surface area (Å²) < 4.78 is 13.8. The summed E-state index contributed by atoms with van der Waals surface area (Å²) in [6.45, 7) is 0.607. The molecule has 18 heavy (non-hydrogen) atoms. The Morgan fingerprint density at radius 1 is 1.56 bits per heavy atom. The van der Waals surface area contributed by atoms with Crippen molar-refractivity contribution in [3.05, 3.63) is 22.4 Å². The standard InChI is InChI=1S/C12H15BrFN3O/c1-17-6-7(2-3-12(17)18)16-11-5-9(14)8(13)4-10(11)15/h4-5,7,16H,2-3,6,15H2,1H3. The van der Waals surface area contributed by atoms with E-state index in [1.54, 1.807) is 11.9 Å². The van der Waals surface area contributed by atoms with Crippen LogP contribution in [0, 0.1) is 5.82 Å². The van der Waals surface area contributed by atoms with Crippen molar-refractivity contribution < 1.29 is 9.18 Å². The maximum absolute atomic E-state index is 13.4. The van der Waals surface area contributed by atoms with Gasteiger partial charge in [-0.1, -0.05) is 0 Å². The van der Waals surface area contributed by atoms with Crippen LogP contribution in [0.2, 0.25) is 0 Å². The van der Waals surface area contributed by atoms with Gasteiger partial charge in [0.15, 0.2) is 0 Å². The third-order valence-electron chi connectivity index (χ3n) is 3.08. The summed E-state index contributed by atoms with van der Waals surface area (Å²) in [4.78, 5) is 13.0. The van der Waals surface area contributed by atoms with Crippen LogP contribution in [-0.2, 0) is 4.79 Å². The first-order chi connectivity index (χ1) is 8.47. The Labute approximate surface area is 113 Å². The SMILES string of the molecule is CN1CC(Nc2cc(F)c(Br)cc2N)CCC1=O. The van der Waals surface area contributed by atoms with Gasteiger partial charge in [-0.15, -0.1) is 0 Å². The Kier molecular flexibility index (Phi) is 3.75. The summed E-state index contributed by atoms with van der Waals surface area (Å²) in [6, 6.07) is 3.01. The van der Waals surface area contributed by atoms with Gasteiger partial charge in [0.25, 0.3) is 0 Å². The Morgan fingerprint density at radius 3 is 2.94 bits per heavy atom. The van der Waals surface area contributed by atoms with E-state index < -0.39 is 0 Å². The Bertz CT molecular complexity index is 481. The molecule has 6 heteroatoms. The smallest absolute Gasteiger partial charge is 0.222 e. The van der Waals surface area contributed by atoms with Crippen LogP contribution in [0.25, 0.3) is 0 Å². The number of nitrogens with zero attached hydrogens (tertiary/aromatic N) is 1. The largest absolute Gasteiger partial charge is 0.397 e. The highest BCUT2D eigenvalue weighted by atomic mass is 79.9. The van der Waals surface area contributed by atoms with Crippen LogP contribution in [0.3, 0.4) is 0 Å². The Hall–Kier alpha value is -1.30. The van der Waals surface area contributed by atoms with E-state index in [1.165, 1.54) is 12.1 Å². The summed E-state index contributed by atoms with van der Waals surface area (Å²) in [5.41, 5.74) is 6.89. The number of likely N-dealkylation sites (tertiary alicyclic amines) is 1. The molecule has 1 aromatic carbocycles. The van der Waals surface area contributed by atoms with E-state index in [0.717, 1.165) is 6.42 Å². The van der Waals surface area contributed by atoms with E-state index >= 15 is 0 Å². The molecule has 0 spiro atoms. The lowest BCUT2D eigenvalue weighted by atomic mass is 10.1. The highest BCUT2D eigenvalue weighted by Crippen LogP contribution is 2.28. The maximum atomic E-state index is 13.4. The van der Waals surface area contributed by atoms with E-state index in [1.807, 2.05) is 0 Å². The zero-order valence-electron chi connectivity index (χ0n) is 10.0. The Morgan fingerprint density at radius 2 is 2.28 bits per heavy atom. The Balaban J connectivity index is 2.10. The second-order valence-electron chi connectivity index (χ2n) is 4.51. The number of piperidine rings is 1. The average molecular weight is 316 g/mol. The second-order valence-corrected chi connectivity index (χ2v) is 5.36. The van der Waals surface area contributed by atoms with Crippen LogP contribution in [0.15, 0.2) is 16.6 Å². The van der Waals surface area contributed by atoms with Crippen molar-refractivity contribution in [2.45, 2.75) is 18.9 Å². The first-order valence-electron chi connectivity index (χ1n) is 5.72. The molecule has 1 saturated heterocycles. The van der Waals surface area contributed by atoms with Gasteiger partial charge >= 0.3 is 0 Å². The van der Waals surface area contributed by atoms with Crippen molar-refractivity contribution in [1.29, 1.82) is 0 Å². The fourth-order valence-corrected chi connectivity index (χ4v) is 2.40. The molecule has 2 rings (SSSR count). The number of likely N-dealkylation sites (N-methyl/N-ethyl adjacent to an activating group) is 1. The topological polar surface area (TPSA) is 58.4 Å². The van der Waals surface area contributed by atoms with Gasteiger partial charge in [0.05, 0.1) is 15.8 Å². The quantitative estimate of drug-likeness (QED) is 0.823. The number of amides is 1. The van der Waals surface area contributed by atoms with Crippen molar-refractivity contribution >= 4 is 33.2 Å². The van der Waals surface area contributed by atoms with Crippen LogP contribution in [-0.4, -0.2) is 30.4 Å². The number of hydrogen-bond acceptors (Lipinski definition) is 3. The van der Waals surface area contributed by atoms with Crippen LogP contribution in [0.5, 0.6) is 0 Å². The van der Waals surface area contributed by atoms with Crippen LogP contribution in [0.1, 0.15) is 12.8 Å². The number of rotatable bonds is 2. The predicted octanol–water partition coefficient (Wildman–Crippen LogP) is 2.20. The fraction of sp³-hybridized carbons (Fsp3) is 0.417. The molecule has 1 aliphatic rings. The van der Waals surface area contributed by atoms with E-state index in [0.29, 0.717) is 28.8 Å². The molecule has 1 amide bonds. The van der Waals surface area contributed by atoms with Gasteiger partial charge in [-0.2, -0.15) is 0 Å². The normalized spacial score (nSPS) is 20.1. The van der Waals surface area contributed by atoms with Gasteiger partial charge in [-0.25, -0.2) is 4.39 Å². The molecule has 1 atom stereocenters. The molecule has 4 nitrogen and oxygen atoms in total. The summed E-state index contributed by atoms with van der Waals surface area (Å²) >= 11 is 3.09. The summed E-state index contributed by atoms with van der Waals surface area (Å²) in [7, 11) is 1.77. The first kappa shape index (κ1) is 13.1. The molecule has 0 aliphatic carbocycles. The van der Waals surface area contributed by atoms with Gasteiger partial charge in [-0.3, -0.25) is 4.79 Å². The number of nitrogen functional groups attached to an aromatic ring is 1. The lowest BCUT2D eigenvalue weighted by Crippen LogP contribution is -2.43. The third-order valence-corrected chi connectivity index (χ3v) is 3.69. The molecule has 0 saturated carbocycles. The number of nitrogens with one attached hydrogen (secondary N) is 1. The molecule has 1 aliphatic heterocycles. The number of benzene rings is 1. The molecule has 1 heterocycles. The van der Waals surface area contributed by atoms with E-state index in [9.17, 15) is 9.18 Å². The molecule has 0 radical (unpaired) electrons. The second kappa shape index (κ2) is 5.14. The summed E-state index contributed by atoms with van der Waals surface area (Å²) in [6.07, 6.45) is 1.24. The van der Waals surface area contributed by atoms with Crippen molar-refractivity contribution in [2.75, 3.05) is 24.6 Å². The lowest BCUT2D eigenvalue weighted by Gasteiger charge is -2.31. The highest BCUT2D eigenvalue weighted by molar-refractivity contribution is 9.10. The number of anilines is 2. The van der Waals surface area contributed by atoms with E-state index in [-0.39, 0.29) is 17.8 Å². The number of halogens is 2. The van der Waals surface area contributed by atoms with Crippen molar-refractivity contribution in [1.82, 2.24) is 4.90 Å². The molecule has 0 bridgehead atoms. The van der Waals surface area contributed by atoms with Crippen LogP contribution in [0.4, 0.5) is 15.8 Å². The van der Waals surface area contributed by atoms with Crippen LogP contribution >= 0.6 is 15.9 Å². The molecule has 0 aromatic heterocycles. The molecular formula is C12H15BrFN3O. The van der Waals surface area contributed by atoms with Crippen molar-refractivity contribution in [2.24, 2.45) is 0 Å². The van der Waals surface area contributed by atoms with Gasteiger partial charge in [-0.05, 0) is 28.4 Å². The third kappa shape index (κ3) is 2.75. The van der Waals surface area contributed by atoms with E-state index in [2.05, 4.69) is 21.2 Å². The first-order valence-corrected chi connectivity index (χ1v) is 6.51. The molecule has 1 unspecified atom stereocenters. The maximum Gasteiger partial charge on any atom is 0.222 e. The van der Waals surface area contributed by atoms with Gasteiger partial charge in [0, 0.05) is 32.1 Å². The summed E-state index contributed by atoms with van der Waals surface area (Å²) in [5, 5.41) is 3.19. The monoisotopic (exact) mass is 315 g/mol. The molecule has 98 valence electrons. The zero-order chi connectivity index (χ0) is 13.3. The van der Waals surface area contributed by atoms with Gasteiger partial charge in [0.2, 0.25) is 5.91 Å². The van der Waals surface area contributed by atoms with E-state index in [4.69, 9.17) is 5.73 Å². The molecule has 1 aromatic rings.